The van der Waals surface area contributed by atoms with E-state index in [-0.39, 0.29) is 5.91 Å². The number of carbonyl (C=O) groups excluding carboxylic acids is 1. The first-order chi connectivity index (χ1) is 18.1. The molecule has 0 spiro atoms. The van der Waals surface area contributed by atoms with Crippen LogP contribution in [0.5, 0.6) is 23.0 Å². The SMILES string of the molecule is COc1cc2ncnc(Nc3ccc(Oc4cccc(C(=O)N5CCCCC5)c4)c(C)c3)c2cc1OC. The lowest BCUT2D eigenvalue weighted by Crippen LogP contribution is -2.35. The van der Waals surface area contributed by atoms with Crippen LogP contribution in [0.2, 0.25) is 0 Å². The summed E-state index contributed by atoms with van der Waals surface area (Å²) in [5.74, 6) is 3.28. The molecule has 1 aliphatic heterocycles. The molecule has 1 aromatic heterocycles. The van der Waals surface area contributed by atoms with Gasteiger partial charge in [0.2, 0.25) is 0 Å². The summed E-state index contributed by atoms with van der Waals surface area (Å²) in [6, 6.07) is 16.9. The summed E-state index contributed by atoms with van der Waals surface area (Å²) >= 11 is 0. The topological polar surface area (TPSA) is 85.8 Å². The number of hydrogen-bond donors (Lipinski definition) is 1. The number of nitrogens with zero attached hydrogens (tertiary/aromatic N) is 3. The van der Waals surface area contributed by atoms with Crippen molar-refractivity contribution in [2.24, 2.45) is 0 Å². The monoisotopic (exact) mass is 498 g/mol. The number of carbonyl (C=O) groups is 1. The van der Waals surface area contributed by atoms with Gasteiger partial charge >= 0.3 is 0 Å². The van der Waals surface area contributed by atoms with Crippen LogP contribution in [-0.2, 0) is 0 Å². The summed E-state index contributed by atoms with van der Waals surface area (Å²) in [7, 11) is 3.20. The number of fused-ring (bicyclic) bond motifs is 1. The van der Waals surface area contributed by atoms with E-state index in [4.69, 9.17) is 14.2 Å². The van der Waals surface area contributed by atoms with Gasteiger partial charge in [-0.2, -0.15) is 0 Å². The molecule has 0 unspecified atom stereocenters. The molecule has 3 aromatic carbocycles. The van der Waals surface area contributed by atoms with Crippen molar-refractivity contribution in [2.75, 3.05) is 32.6 Å². The minimum absolute atomic E-state index is 0.0627. The zero-order valence-electron chi connectivity index (χ0n) is 21.3. The van der Waals surface area contributed by atoms with Crippen LogP contribution in [0.3, 0.4) is 0 Å². The molecule has 4 aromatic rings. The van der Waals surface area contributed by atoms with Gasteiger partial charge in [-0.05, 0) is 74.2 Å². The second-order valence-electron chi connectivity index (χ2n) is 9.03. The van der Waals surface area contributed by atoms with Gasteiger partial charge in [0, 0.05) is 35.8 Å². The lowest BCUT2D eigenvalue weighted by molar-refractivity contribution is 0.0724. The van der Waals surface area contributed by atoms with Gasteiger partial charge in [0.1, 0.15) is 23.6 Å². The van der Waals surface area contributed by atoms with Crippen molar-refractivity contribution in [3.05, 3.63) is 72.1 Å². The Morgan fingerprint density at radius 2 is 1.68 bits per heavy atom. The van der Waals surface area contributed by atoms with E-state index in [1.165, 1.54) is 12.7 Å². The Morgan fingerprint density at radius 1 is 0.892 bits per heavy atom. The maximum Gasteiger partial charge on any atom is 0.253 e. The summed E-state index contributed by atoms with van der Waals surface area (Å²) in [5, 5.41) is 4.19. The first kappa shape index (κ1) is 24.4. The molecule has 1 amide bonds. The van der Waals surface area contributed by atoms with E-state index in [0.29, 0.717) is 34.4 Å². The van der Waals surface area contributed by atoms with Crippen LogP contribution in [0.15, 0.2) is 60.9 Å². The van der Waals surface area contributed by atoms with E-state index < -0.39 is 0 Å². The average molecular weight is 499 g/mol. The summed E-state index contributed by atoms with van der Waals surface area (Å²) in [6.45, 7) is 3.62. The Bertz CT molecular complexity index is 1430. The van der Waals surface area contributed by atoms with Crippen LogP contribution in [0.25, 0.3) is 10.9 Å². The highest BCUT2D eigenvalue weighted by molar-refractivity contribution is 5.95. The van der Waals surface area contributed by atoms with Gasteiger partial charge in [0.05, 0.1) is 19.7 Å². The van der Waals surface area contributed by atoms with Gasteiger partial charge in [-0.25, -0.2) is 9.97 Å². The molecule has 8 heteroatoms. The molecule has 1 aliphatic rings. The highest BCUT2D eigenvalue weighted by Gasteiger charge is 2.19. The Morgan fingerprint density at radius 3 is 2.43 bits per heavy atom. The second kappa shape index (κ2) is 10.7. The fourth-order valence-corrected chi connectivity index (χ4v) is 4.56. The van der Waals surface area contributed by atoms with Gasteiger partial charge in [-0.3, -0.25) is 4.79 Å². The Hall–Kier alpha value is -4.33. The van der Waals surface area contributed by atoms with E-state index in [1.807, 2.05) is 66.4 Å². The number of likely N-dealkylation sites (tertiary alicyclic amines) is 1. The number of ether oxygens (including phenoxy) is 3. The molecular formula is C29H30N4O4. The van der Waals surface area contributed by atoms with Gasteiger partial charge in [-0.15, -0.1) is 0 Å². The van der Waals surface area contributed by atoms with Crippen LogP contribution < -0.4 is 19.5 Å². The molecule has 190 valence electrons. The van der Waals surface area contributed by atoms with Crippen molar-refractivity contribution in [3.63, 3.8) is 0 Å². The molecule has 1 N–H and O–H groups in total. The number of benzene rings is 3. The third-order valence-electron chi connectivity index (χ3n) is 6.53. The van der Waals surface area contributed by atoms with Crippen molar-refractivity contribution in [1.82, 2.24) is 14.9 Å². The molecule has 0 saturated carbocycles. The number of piperidine rings is 1. The first-order valence-electron chi connectivity index (χ1n) is 12.4. The minimum atomic E-state index is 0.0627. The van der Waals surface area contributed by atoms with E-state index in [1.54, 1.807) is 14.2 Å². The van der Waals surface area contributed by atoms with Gasteiger partial charge in [-0.1, -0.05) is 6.07 Å². The predicted octanol–water partition coefficient (Wildman–Crippen LogP) is 6.12. The maximum atomic E-state index is 12.9. The average Bonchev–Trinajstić information content (AvgIpc) is 2.94. The lowest BCUT2D eigenvalue weighted by Gasteiger charge is -2.26. The fourth-order valence-electron chi connectivity index (χ4n) is 4.56. The van der Waals surface area contributed by atoms with Crippen molar-refractivity contribution in [1.29, 1.82) is 0 Å². The van der Waals surface area contributed by atoms with Crippen LogP contribution in [0, 0.1) is 6.92 Å². The number of aromatic nitrogens is 2. The highest BCUT2D eigenvalue weighted by Crippen LogP contribution is 2.35. The number of aryl methyl sites for hydroxylation is 1. The summed E-state index contributed by atoms with van der Waals surface area (Å²) in [5.41, 5.74) is 3.19. The molecule has 0 radical (unpaired) electrons. The van der Waals surface area contributed by atoms with Gasteiger partial charge in [0.15, 0.2) is 11.5 Å². The fraction of sp³-hybridized carbons (Fsp3) is 0.276. The van der Waals surface area contributed by atoms with Crippen molar-refractivity contribution < 1.29 is 19.0 Å². The quantitative estimate of drug-likeness (QED) is 0.329. The molecule has 1 saturated heterocycles. The molecular weight excluding hydrogens is 468 g/mol. The second-order valence-corrected chi connectivity index (χ2v) is 9.03. The third-order valence-corrected chi connectivity index (χ3v) is 6.53. The number of hydrogen-bond acceptors (Lipinski definition) is 7. The Labute approximate surface area is 216 Å². The van der Waals surface area contributed by atoms with E-state index in [9.17, 15) is 4.79 Å². The number of amides is 1. The van der Waals surface area contributed by atoms with Crippen LogP contribution in [-0.4, -0.2) is 48.1 Å². The van der Waals surface area contributed by atoms with E-state index in [0.717, 1.165) is 48.1 Å². The number of rotatable bonds is 7. The zero-order valence-corrected chi connectivity index (χ0v) is 21.3. The molecule has 37 heavy (non-hydrogen) atoms. The normalized spacial score (nSPS) is 13.3. The number of anilines is 2. The molecule has 2 heterocycles. The minimum Gasteiger partial charge on any atom is -0.493 e. The molecule has 8 nitrogen and oxygen atoms in total. The summed E-state index contributed by atoms with van der Waals surface area (Å²) < 4.78 is 17.0. The smallest absolute Gasteiger partial charge is 0.253 e. The van der Waals surface area contributed by atoms with E-state index in [2.05, 4.69) is 15.3 Å². The van der Waals surface area contributed by atoms with Crippen LogP contribution >= 0.6 is 0 Å². The molecule has 1 fully saturated rings. The summed E-state index contributed by atoms with van der Waals surface area (Å²) in [4.78, 5) is 23.6. The molecule has 0 atom stereocenters. The molecule has 0 bridgehead atoms. The van der Waals surface area contributed by atoms with E-state index >= 15 is 0 Å². The van der Waals surface area contributed by atoms with Crippen molar-refractivity contribution in [3.8, 4) is 23.0 Å². The predicted molar refractivity (Wildman–Crippen MR) is 143 cm³/mol. The number of nitrogens with one attached hydrogen (secondary N) is 1. The van der Waals surface area contributed by atoms with Crippen molar-refractivity contribution in [2.45, 2.75) is 26.2 Å². The van der Waals surface area contributed by atoms with Gasteiger partial charge in [0.25, 0.3) is 5.91 Å². The highest BCUT2D eigenvalue weighted by atomic mass is 16.5. The Kier molecular flexibility index (Phi) is 7.07. The largest absolute Gasteiger partial charge is 0.493 e. The maximum absolute atomic E-state index is 12.9. The third kappa shape index (κ3) is 5.28. The summed E-state index contributed by atoms with van der Waals surface area (Å²) in [6.07, 6.45) is 4.83. The van der Waals surface area contributed by atoms with Gasteiger partial charge < -0.3 is 24.4 Å². The lowest BCUT2D eigenvalue weighted by atomic mass is 10.1. The molecule has 5 rings (SSSR count). The molecule has 0 aliphatic carbocycles. The van der Waals surface area contributed by atoms with Crippen molar-refractivity contribution >= 4 is 28.3 Å². The number of methoxy groups -OCH3 is 2. The standard InChI is InChI=1S/C29H30N4O4/c1-19-14-21(32-28-23-16-26(35-2)27(36-3)17-24(23)30-18-31-28)10-11-25(19)37-22-9-7-8-20(15-22)29(34)33-12-5-4-6-13-33/h7-11,14-18H,4-6,12-13H2,1-3H3,(H,30,31,32). The van der Waals surface area contributed by atoms with Crippen LogP contribution in [0.4, 0.5) is 11.5 Å². The zero-order chi connectivity index (χ0) is 25.8. The first-order valence-corrected chi connectivity index (χ1v) is 12.4. The Balaban J connectivity index is 1.34. The van der Waals surface area contributed by atoms with Crippen LogP contribution in [0.1, 0.15) is 35.2 Å².